The normalized spacial score (nSPS) is 16.1. The van der Waals surface area contributed by atoms with Crippen LogP contribution >= 0.6 is 0 Å². The minimum Gasteiger partial charge on any atom is -0.480 e. The molecule has 24 heavy (non-hydrogen) atoms. The molecule has 3 heterocycles. The highest BCUT2D eigenvalue weighted by molar-refractivity contribution is 5.12. The van der Waals surface area contributed by atoms with Gasteiger partial charge in [-0.1, -0.05) is 0 Å². The molecule has 0 amide bonds. The van der Waals surface area contributed by atoms with Crippen molar-refractivity contribution in [2.45, 2.75) is 13.1 Å². The summed E-state index contributed by atoms with van der Waals surface area (Å²) >= 11 is 0. The highest BCUT2D eigenvalue weighted by Gasteiger charge is 2.18. The lowest BCUT2D eigenvalue weighted by Crippen LogP contribution is -2.45. The first-order chi connectivity index (χ1) is 11.8. The predicted molar refractivity (Wildman–Crippen MR) is 87.7 cm³/mol. The topological polar surface area (TPSA) is 76.5 Å². The van der Waals surface area contributed by atoms with Gasteiger partial charge in [-0.15, -0.1) is 10.2 Å². The third-order valence-electron chi connectivity index (χ3n) is 4.05. The van der Waals surface area contributed by atoms with Crippen molar-refractivity contribution in [2.24, 2.45) is 0 Å². The Morgan fingerprint density at radius 3 is 1.42 bits per heavy atom. The van der Waals surface area contributed by atoms with Crippen molar-refractivity contribution < 1.29 is 9.47 Å². The first kappa shape index (κ1) is 16.5. The highest BCUT2D eigenvalue weighted by atomic mass is 16.5. The zero-order chi connectivity index (χ0) is 16.8. The molecule has 0 N–H and O–H groups in total. The van der Waals surface area contributed by atoms with E-state index in [2.05, 4.69) is 30.2 Å². The summed E-state index contributed by atoms with van der Waals surface area (Å²) in [6, 6.07) is 7.62. The van der Waals surface area contributed by atoms with Crippen LogP contribution in [0, 0.1) is 0 Å². The van der Waals surface area contributed by atoms with Crippen molar-refractivity contribution in [3.05, 3.63) is 35.7 Å². The van der Waals surface area contributed by atoms with E-state index in [4.69, 9.17) is 9.47 Å². The third-order valence-corrected chi connectivity index (χ3v) is 4.05. The van der Waals surface area contributed by atoms with Gasteiger partial charge < -0.3 is 9.47 Å². The van der Waals surface area contributed by atoms with Crippen molar-refractivity contribution in [1.82, 2.24) is 30.2 Å². The lowest BCUT2D eigenvalue weighted by atomic mass is 10.2. The molecule has 8 heteroatoms. The summed E-state index contributed by atoms with van der Waals surface area (Å²) in [6.07, 6.45) is 0. The number of piperazine rings is 1. The van der Waals surface area contributed by atoms with Crippen LogP contribution in [0.1, 0.15) is 11.4 Å². The van der Waals surface area contributed by atoms with Crippen LogP contribution in [0.15, 0.2) is 24.3 Å². The van der Waals surface area contributed by atoms with Crippen molar-refractivity contribution in [3.63, 3.8) is 0 Å². The molecule has 0 aliphatic carbocycles. The molecular weight excluding hydrogens is 308 g/mol. The number of ether oxygens (including phenoxy) is 2. The summed E-state index contributed by atoms with van der Waals surface area (Å²) in [7, 11) is 3.19. The Balaban J connectivity index is 1.46. The summed E-state index contributed by atoms with van der Waals surface area (Å²) in [5, 5.41) is 16.4. The van der Waals surface area contributed by atoms with Crippen LogP contribution in [0.5, 0.6) is 11.8 Å². The zero-order valence-electron chi connectivity index (χ0n) is 14.1. The number of aromatic nitrogens is 4. The van der Waals surface area contributed by atoms with Crippen LogP contribution in [0.4, 0.5) is 0 Å². The molecule has 2 aromatic heterocycles. The highest BCUT2D eigenvalue weighted by Crippen LogP contribution is 2.11. The minimum atomic E-state index is 0.546. The van der Waals surface area contributed by atoms with Gasteiger partial charge in [-0.2, -0.15) is 10.2 Å². The smallest absolute Gasteiger partial charge is 0.233 e. The largest absolute Gasteiger partial charge is 0.480 e. The van der Waals surface area contributed by atoms with Gasteiger partial charge >= 0.3 is 0 Å². The maximum absolute atomic E-state index is 5.03. The maximum Gasteiger partial charge on any atom is 0.233 e. The van der Waals surface area contributed by atoms with Crippen LogP contribution in [-0.2, 0) is 13.1 Å². The molecule has 1 fully saturated rings. The van der Waals surface area contributed by atoms with E-state index in [1.165, 1.54) is 0 Å². The molecule has 128 valence electrons. The Morgan fingerprint density at radius 1 is 0.708 bits per heavy atom. The molecule has 0 aromatic carbocycles. The van der Waals surface area contributed by atoms with Gasteiger partial charge in [0.15, 0.2) is 0 Å². The van der Waals surface area contributed by atoms with Crippen LogP contribution in [0.3, 0.4) is 0 Å². The fourth-order valence-electron chi connectivity index (χ4n) is 2.65. The average Bonchev–Trinajstić information content (AvgIpc) is 2.65. The molecule has 0 spiro atoms. The minimum absolute atomic E-state index is 0.546. The second-order valence-electron chi connectivity index (χ2n) is 5.69. The molecule has 1 saturated heterocycles. The van der Waals surface area contributed by atoms with Crippen LogP contribution in [-0.4, -0.2) is 70.6 Å². The lowest BCUT2D eigenvalue weighted by Gasteiger charge is -2.34. The average molecular weight is 330 g/mol. The zero-order valence-corrected chi connectivity index (χ0v) is 14.1. The van der Waals surface area contributed by atoms with Crippen LogP contribution < -0.4 is 9.47 Å². The van der Waals surface area contributed by atoms with E-state index >= 15 is 0 Å². The van der Waals surface area contributed by atoms with Crippen molar-refractivity contribution in [1.29, 1.82) is 0 Å². The number of rotatable bonds is 6. The molecule has 1 aliphatic heterocycles. The molecule has 0 radical (unpaired) electrons. The Hall–Kier alpha value is -2.32. The standard InChI is InChI=1S/C16H22N6O2/c1-23-15-5-3-13(17-19-15)11-21-7-9-22(10-8-21)12-14-4-6-16(24-2)20-18-14/h3-6H,7-12H2,1-2H3. The van der Waals surface area contributed by atoms with Gasteiger partial charge in [0, 0.05) is 51.4 Å². The molecule has 2 aromatic rings. The van der Waals surface area contributed by atoms with E-state index in [9.17, 15) is 0 Å². The Kier molecular flexibility index (Phi) is 5.50. The first-order valence-electron chi connectivity index (χ1n) is 7.95. The Morgan fingerprint density at radius 2 is 1.12 bits per heavy atom. The summed E-state index contributed by atoms with van der Waals surface area (Å²) in [5.41, 5.74) is 1.93. The summed E-state index contributed by atoms with van der Waals surface area (Å²) in [5.74, 6) is 1.09. The molecule has 1 aliphatic rings. The number of methoxy groups -OCH3 is 2. The van der Waals surface area contributed by atoms with Gasteiger partial charge in [0.25, 0.3) is 0 Å². The van der Waals surface area contributed by atoms with E-state index in [-0.39, 0.29) is 0 Å². The summed E-state index contributed by atoms with van der Waals surface area (Å²) in [4.78, 5) is 4.76. The van der Waals surface area contributed by atoms with Gasteiger partial charge in [0.2, 0.25) is 11.8 Å². The number of hydrogen-bond donors (Lipinski definition) is 0. The SMILES string of the molecule is COc1ccc(CN2CCN(Cc3ccc(OC)nn3)CC2)nn1. The molecule has 0 saturated carbocycles. The first-order valence-corrected chi connectivity index (χ1v) is 7.95. The van der Waals surface area contributed by atoms with Crippen LogP contribution in [0.2, 0.25) is 0 Å². The van der Waals surface area contributed by atoms with E-state index in [0.717, 1.165) is 50.7 Å². The van der Waals surface area contributed by atoms with Crippen LogP contribution in [0.25, 0.3) is 0 Å². The monoisotopic (exact) mass is 330 g/mol. The van der Waals surface area contributed by atoms with Crippen molar-refractivity contribution >= 4 is 0 Å². The fraction of sp³-hybridized carbons (Fsp3) is 0.500. The van der Waals surface area contributed by atoms with E-state index < -0.39 is 0 Å². The predicted octanol–water partition coefficient (Wildman–Crippen LogP) is 0.602. The lowest BCUT2D eigenvalue weighted by molar-refractivity contribution is 0.119. The van der Waals surface area contributed by atoms with E-state index in [0.29, 0.717) is 11.8 Å². The molecule has 0 unspecified atom stereocenters. The maximum atomic E-state index is 5.03. The fourth-order valence-corrected chi connectivity index (χ4v) is 2.65. The molecule has 3 rings (SSSR count). The third kappa shape index (κ3) is 4.36. The van der Waals surface area contributed by atoms with Gasteiger partial charge in [0.05, 0.1) is 25.6 Å². The van der Waals surface area contributed by atoms with Gasteiger partial charge in [-0.05, 0) is 12.1 Å². The van der Waals surface area contributed by atoms with E-state index in [1.807, 2.05) is 24.3 Å². The molecule has 0 atom stereocenters. The Bertz CT molecular complexity index is 569. The van der Waals surface area contributed by atoms with E-state index in [1.54, 1.807) is 14.2 Å². The summed E-state index contributed by atoms with van der Waals surface area (Å²) in [6.45, 7) is 5.61. The molecular formula is C16H22N6O2. The number of hydrogen-bond acceptors (Lipinski definition) is 8. The van der Waals surface area contributed by atoms with Gasteiger partial charge in [-0.25, -0.2) is 0 Å². The van der Waals surface area contributed by atoms with Gasteiger partial charge in [-0.3, -0.25) is 9.80 Å². The quantitative estimate of drug-likeness (QED) is 0.762. The number of nitrogens with zero attached hydrogens (tertiary/aromatic N) is 6. The van der Waals surface area contributed by atoms with Crippen molar-refractivity contribution in [2.75, 3.05) is 40.4 Å². The second-order valence-corrected chi connectivity index (χ2v) is 5.69. The second kappa shape index (κ2) is 7.98. The molecule has 8 nitrogen and oxygen atoms in total. The molecule has 0 bridgehead atoms. The van der Waals surface area contributed by atoms with Crippen molar-refractivity contribution in [3.8, 4) is 11.8 Å². The Labute approximate surface area is 141 Å². The van der Waals surface area contributed by atoms with Gasteiger partial charge in [0.1, 0.15) is 0 Å². The summed E-state index contributed by atoms with van der Waals surface area (Å²) < 4.78 is 10.1.